The number of piperazine rings is 1. The van der Waals surface area contributed by atoms with E-state index in [0.29, 0.717) is 31.9 Å². The van der Waals surface area contributed by atoms with Crippen LogP contribution in [0.5, 0.6) is 5.75 Å². The van der Waals surface area contributed by atoms with Crippen molar-refractivity contribution in [3.63, 3.8) is 0 Å². The van der Waals surface area contributed by atoms with Gasteiger partial charge in [-0.25, -0.2) is 8.42 Å². The number of nitrogens with two attached hydrogens (primary N) is 1. The number of rotatable bonds is 5. The molecule has 1 unspecified atom stereocenters. The third-order valence-electron chi connectivity index (χ3n) is 3.79. The number of benzene rings is 1. The standard InChI is InChI=1S/C15H23N3O4S/c1-12(16)11-15(19)17-7-9-18(10-8-17)23(20,21)14-5-3-13(22-2)4-6-14/h3-6,12H,7-11,16H2,1-2H3. The largest absolute Gasteiger partial charge is 0.497 e. The van der Waals surface area contributed by atoms with Crippen LogP contribution in [0.4, 0.5) is 0 Å². The molecule has 1 aromatic carbocycles. The maximum atomic E-state index is 12.6. The summed E-state index contributed by atoms with van der Waals surface area (Å²) >= 11 is 0. The zero-order valence-corrected chi connectivity index (χ0v) is 14.3. The molecule has 0 bridgehead atoms. The summed E-state index contributed by atoms with van der Waals surface area (Å²) in [6.07, 6.45) is 0.283. The molecule has 0 aliphatic carbocycles. The second-order valence-electron chi connectivity index (χ2n) is 5.64. The highest BCUT2D eigenvalue weighted by Crippen LogP contribution is 2.20. The van der Waals surface area contributed by atoms with Crippen molar-refractivity contribution in [2.24, 2.45) is 5.73 Å². The number of hydrogen-bond donors (Lipinski definition) is 1. The fourth-order valence-corrected chi connectivity index (χ4v) is 3.90. The van der Waals surface area contributed by atoms with Gasteiger partial charge in [0.1, 0.15) is 5.75 Å². The van der Waals surface area contributed by atoms with Crippen LogP contribution in [0.1, 0.15) is 13.3 Å². The summed E-state index contributed by atoms with van der Waals surface area (Å²) in [5, 5.41) is 0. The van der Waals surface area contributed by atoms with E-state index in [-0.39, 0.29) is 23.3 Å². The zero-order chi connectivity index (χ0) is 17.0. The Kier molecular flexibility index (Phi) is 5.61. The van der Waals surface area contributed by atoms with Crippen molar-refractivity contribution in [1.82, 2.24) is 9.21 Å². The Morgan fingerprint density at radius 1 is 1.22 bits per heavy atom. The predicted molar refractivity (Wildman–Crippen MR) is 86.6 cm³/mol. The summed E-state index contributed by atoms with van der Waals surface area (Å²) < 4.78 is 31.6. The van der Waals surface area contributed by atoms with Gasteiger partial charge in [0.15, 0.2) is 0 Å². The Bertz CT molecular complexity index is 635. The van der Waals surface area contributed by atoms with Crippen LogP contribution in [0.3, 0.4) is 0 Å². The minimum absolute atomic E-state index is 0.0264. The number of methoxy groups -OCH3 is 1. The molecule has 0 saturated carbocycles. The van der Waals surface area contributed by atoms with Crippen LogP contribution in [0, 0.1) is 0 Å². The molecule has 8 heteroatoms. The molecular formula is C15H23N3O4S. The van der Waals surface area contributed by atoms with Crippen LogP contribution in [-0.2, 0) is 14.8 Å². The van der Waals surface area contributed by atoms with E-state index in [1.807, 2.05) is 0 Å². The second-order valence-corrected chi connectivity index (χ2v) is 7.58. The second kappa shape index (κ2) is 7.29. The van der Waals surface area contributed by atoms with Gasteiger partial charge < -0.3 is 15.4 Å². The number of sulfonamides is 1. The molecule has 128 valence electrons. The van der Waals surface area contributed by atoms with Gasteiger partial charge in [0.05, 0.1) is 12.0 Å². The van der Waals surface area contributed by atoms with Gasteiger partial charge in [-0.1, -0.05) is 0 Å². The maximum Gasteiger partial charge on any atom is 0.243 e. The molecular weight excluding hydrogens is 318 g/mol. The smallest absolute Gasteiger partial charge is 0.243 e. The van der Waals surface area contributed by atoms with E-state index >= 15 is 0 Å². The Morgan fingerprint density at radius 2 is 1.78 bits per heavy atom. The number of carbonyl (C=O) groups is 1. The average Bonchev–Trinajstić information content (AvgIpc) is 2.54. The lowest BCUT2D eigenvalue weighted by molar-refractivity contribution is -0.132. The normalized spacial score (nSPS) is 17.8. The van der Waals surface area contributed by atoms with Crippen molar-refractivity contribution < 1.29 is 17.9 Å². The van der Waals surface area contributed by atoms with Crippen LogP contribution in [0.2, 0.25) is 0 Å². The van der Waals surface area contributed by atoms with Crippen LogP contribution in [0.25, 0.3) is 0 Å². The van der Waals surface area contributed by atoms with Crippen LogP contribution >= 0.6 is 0 Å². The van der Waals surface area contributed by atoms with Crippen LogP contribution < -0.4 is 10.5 Å². The zero-order valence-electron chi connectivity index (χ0n) is 13.4. The van der Waals surface area contributed by atoms with E-state index in [0.717, 1.165) is 0 Å². The van der Waals surface area contributed by atoms with Gasteiger partial charge in [-0.3, -0.25) is 4.79 Å². The topological polar surface area (TPSA) is 92.9 Å². The number of carbonyl (C=O) groups excluding carboxylic acids is 1. The summed E-state index contributed by atoms with van der Waals surface area (Å²) in [4.78, 5) is 13.9. The van der Waals surface area contributed by atoms with Crippen molar-refractivity contribution in [2.45, 2.75) is 24.3 Å². The summed E-state index contributed by atoms with van der Waals surface area (Å²) in [7, 11) is -2.01. The molecule has 1 aliphatic heterocycles. The van der Waals surface area contributed by atoms with Gasteiger partial charge in [-0.05, 0) is 31.2 Å². The van der Waals surface area contributed by atoms with Gasteiger partial charge in [0, 0.05) is 38.6 Å². The van der Waals surface area contributed by atoms with Crippen molar-refractivity contribution in [3.8, 4) is 5.75 Å². The van der Waals surface area contributed by atoms with Crippen LogP contribution in [-0.4, -0.2) is 62.9 Å². The van der Waals surface area contributed by atoms with Gasteiger partial charge in [0.25, 0.3) is 0 Å². The molecule has 1 saturated heterocycles. The van der Waals surface area contributed by atoms with E-state index in [1.54, 1.807) is 24.0 Å². The number of ether oxygens (including phenoxy) is 1. The highest BCUT2D eigenvalue weighted by Gasteiger charge is 2.30. The predicted octanol–water partition coefficient (Wildman–Crippen LogP) is 0.265. The molecule has 0 aromatic heterocycles. The first-order chi connectivity index (χ1) is 10.8. The summed E-state index contributed by atoms with van der Waals surface area (Å²) in [5.74, 6) is 0.580. The first-order valence-corrected chi connectivity index (χ1v) is 8.96. The molecule has 1 aliphatic rings. The minimum Gasteiger partial charge on any atom is -0.497 e. The van der Waals surface area contributed by atoms with E-state index in [2.05, 4.69) is 0 Å². The summed E-state index contributed by atoms with van der Waals surface area (Å²) in [6, 6.07) is 6.11. The van der Waals surface area contributed by atoms with E-state index in [1.165, 1.54) is 23.5 Å². The third-order valence-corrected chi connectivity index (χ3v) is 5.70. The molecule has 1 heterocycles. The molecule has 2 rings (SSSR count). The number of hydrogen-bond acceptors (Lipinski definition) is 5. The molecule has 7 nitrogen and oxygen atoms in total. The van der Waals surface area contributed by atoms with Gasteiger partial charge >= 0.3 is 0 Å². The molecule has 1 amide bonds. The van der Waals surface area contributed by atoms with Gasteiger partial charge in [-0.15, -0.1) is 0 Å². The SMILES string of the molecule is COc1ccc(S(=O)(=O)N2CCN(C(=O)CC(C)N)CC2)cc1. The van der Waals surface area contributed by atoms with E-state index in [4.69, 9.17) is 10.5 Å². The quantitative estimate of drug-likeness (QED) is 0.829. The maximum absolute atomic E-state index is 12.6. The van der Waals surface area contributed by atoms with Crippen molar-refractivity contribution >= 4 is 15.9 Å². The monoisotopic (exact) mass is 341 g/mol. The lowest BCUT2D eigenvalue weighted by Gasteiger charge is -2.34. The lowest BCUT2D eigenvalue weighted by atomic mass is 10.2. The lowest BCUT2D eigenvalue weighted by Crippen LogP contribution is -2.51. The highest BCUT2D eigenvalue weighted by atomic mass is 32.2. The molecule has 0 radical (unpaired) electrons. The van der Waals surface area contributed by atoms with Crippen molar-refractivity contribution in [3.05, 3.63) is 24.3 Å². The van der Waals surface area contributed by atoms with Crippen molar-refractivity contribution in [1.29, 1.82) is 0 Å². The first-order valence-electron chi connectivity index (χ1n) is 7.52. The number of amides is 1. The average molecular weight is 341 g/mol. The fraction of sp³-hybridized carbons (Fsp3) is 0.533. The van der Waals surface area contributed by atoms with Gasteiger partial charge in [0.2, 0.25) is 15.9 Å². The molecule has 1 atom stereocenters. The Hall–Kier alpha value is -1.64. The van der Waals surface area contributed by atoms with Crippen LogP contribution in [0.15, 0.2) is 29.2 Å². The minimum atomic E-state index is -3.54. The third kappa shape index (κ3) is 4.21. The first kappa shape index (κ1) is 17.7. The van der Waals surface area contributed by atoms with E-state index < -0.39 is 10.0 Å². The van der Waals surface area contributed by atoms with Gasteiger partial charge in [-0.2, -0.15) is 4.31 Å². The summed E-state index contributed by atoms with van der Waals surface area (Å²) in [5.41, 5.74) is 5.63. The highest BCUT2D eigenvalue weighted by molar-refractivity contribution is 7.89. The molecule has 1 aromatic rings. The van der Waals surface area contributed by atoms with Crippen molar-refractivity contribution in [2.75, 3.05) is 33.3 Å². The fourth-order valence-electron chi connectivity index (χ4n) is 2.48. The van der Waals surface area contributed by atoms with E-state index in [9.17, 15) is 13.2 Å². The molecule has 0 spiro atoms. The molecule has 2 N–H and O–H groups in total. The number of nitrogens with zero attached hydrogens (tertiary/aromatic N) is 2. The molecule has 23 heavy (non-hydrogen) atoms. The Morgan fingerprint density at radius 3 is 2.26 bits per heavy atom. The molecule has 1 fully saturated rings. The Labute approximate surface area is 137 Å². The Balaban J connectivity index is 2.01. The summed E-state index contributed by atoms with van der Waals surface area (Å²) in [6.45, 7) is 3.14.